The van der Waals surface area contributed by atoms with Crippen LogP contribution >= 0.6 is 11.3 Å². The summed E-state index contributed by atoms with van der Waals surface area (Å²) in [5.41, 5.74) is 0. The third-order valence-corrected chi connectivity index (χ3v) is 7.09. The molecule has 0 atom stereocenters. The molecule has 0 saturated carbocycles. The zero-order valence-electron chi connectivity index (χ0n) is 18.4. The summed E-state index contributed by atoms with van der Waals surface area (Å²) < 4.78 is 67.5. The molecule has 3 aromatic heterocycles. The van der Waals surface area contributed by atoms with Crippen molar-refractivity contribution in [2.45, 2.75) is 45.0 Å². The average Bonchev–Trinajstić information content (AvgIpc) is 3.42. The molecule has 3 aromatic rings. The van der Waals surface area contributed by atoms with Crippen molar-refractivity contribution in [1.82, 2.24) is 30.0 Å². The minimum absolute atomic E-state index is 0.0208. The summed E-state index contributed by atoms with van der Waals surface area (Å²) in [5, 5.41) is 11.0. The molecule has 0 unspecified atom stereocenters. The molecule has 5 rings (SSSR count). The van der Waals surface area contributed by atoms with Gasteiger partial charge in [0, 0.05) is 44.1 Å². The zero-order valence-corrected chi connectivity index (χ0v) is 19.2. The van der Waals surface area contributed by atoms with Crippen molar-refractivity contribution in [1.29, 1.82) is 0 Å². The van der Waals surface area contributed by atoms with Crippen molar-refractivity contribution in [2.75, 3.05) is 42.5 Å². The molecule has 0 spiro atoms. The van der Waals surface area contributed by atoms with E-state index in [1.807, 2.05) is 11.0 Å². The Morgan fingerprint density at radius 1 is 1.00 bits per heavy atom. The van der Waals surface area contributed by atoms with E-state index in [9.17, 15) is 22.0 Å². The fraction of sp³-hybridized carbons (Fsp3) is 0.600. The molecule has 5 heterocycles. The topological polar surface area (TPSA) is 75.0 Å². The molecule has 34 heavy (non-hydrogen) atoms. The van der Waals surface area contributed by atoms with Crippen LogP contribution in [0.5, 0.6) is 0 Å². The second-order valence-corrected chi connectivity index (χ2v) is 9.47. The summed E-state index contributed by atoms with van der Waals surface area (Å²) in [4.78, 5) is 15.6. The first-order valence-electron chi connectivity index (χ1n) is 11.1. The lowest BCUT2D eigenvalue weighted by Gasteiger charge is -2.32. The van der Waals surface area contributed by atoms with Gasteiger partial charge in [-0.2, -0.15) is 26.9 Å². The summed E-state index contributed by atoms with van der Waals surface area (Å²) in [6, 6.07) is 2.04. The second-order valence-electron chi connectivity index (χ2n) is 8.35. The molecule has 1 fully saturated rings. The van der Waals surface area contributed by atoms with Crippen molar-refractivity contribution in [3.8, 4) is 0 Å². The quantitative estimate of drug-likeness (QED) is 0.537. The number of alkyl halides is 5. The molecule has 2 aliphatic rings. The van der Waals surface area contributed by atoms with Gasteiger partial charge >= 0.3 is 12.1 Å². The Hall–Kier alpha value is -2.61. The van der Waals surface area contributed by atoms with Crippen LogP contribution in [0.15, 0.2) is 6.07 Å². The summed E-state index contributed by atoms with van der Waals surface area (Å²) in [6.45, 7) is 5.32. The lowest BCUT2D eigenvalue weighted by Crippen LogP contribution is -2.44. The number of fused-ring (bicyclic) bond motifs is 2. The van der Waals surface area contributed by atoms with Gasteiger partial charge < -0.3 is 19.7 Å². The number of aromatic nitrogens is 5. The van der Waals surface area contributed by atoms with Gasteiger partial charge in [0.15, 0.2) is 5.82 Å². The first kappa shape index (κ1) is 23.1. The highest BCUT2D eigenvalue weighted by Crippen LogP contribution is 2.44. The second kappa shape index (κ2) is 8.56. The molecule has 1 N–H and O–H groups in total. The number of nitrogens with one attached hydrogen (secondary N) is 1. The van der Waals surface area contributed by atoms with Gasteiger partial charge in [-0.15, -0.1) is 21.5 Å². The van der Waals surface area contributed by atoms with Crippen molar-refractivity contribution in [2.24, 2.45) is 0 Å². The molecule has 0 aliphatic carbocycles. The summed E-state index contributed by atoms with van der Waals surface area (Å²) in [7, 11) is 0. The Balaban J connectivity index is 1.52. The van der Waals surface area contributed by atoms with E-state index in [2.05, 4.69) is 27.3 Å². The van der Waals surface area contributed by atoms with Crippen molar-refractivity contribution in [3.05, 3.63) is 22.6 Å². The molecule has 2 aliphatic heterocycles. The van der Waals surface area contributed by atoms with E-state index in [0.717, 1.165) is 58.7 Å². The molecule has 0 bridgehead atoms. The van der Waals surface area contributed by atoms with Crippen molar-refractivity contribution < 1.29 is 22.0 Å². The number of nitrogens with zero attached hydrogens (tertiary/aromatic N) is 7. The molecule has 0 radical (unpaired) electrons. The lowest BCUT2D eigenvalue weighted by atomic mass is 10.2. The Labute approximate surface area is 195 Å². The zero-order chi connectivity index (χ0) is 24.1. The molecule has 1 saturated heterocycles. The monoisotopic (exact) mass is 502 g/mol. The first-order chi connectivity index (χ1) is 16.2. The molecular weight excluding hydrogens is 479 g/mol. The van der Waals surface area contributed by atoms with Gasteiger partial charge in [-0.05, 0) is 12.5 Å². The van der Waals surface area contributed by atoms with Gasteiger partial charge in [-0.25, -0.2) is 4.98 Å². The number of aryl methyl sites for hydroxylation is 1. The maximum absolute atomic E-state index is 14.0. The van der Waals surface area contributed by atoms with Gasteiger partial charge in [0.25, 0.3) is 0 Å². The van der Waals surface area contributed by atoms with E-state index < -0.39 is 17.9 Å². The number of hydrogen-bond donors (Lipinski definition) is 1. The van der Waals surface area contributed by atoms with E-state index in [0.29, 0.717) is 11.8 Å². The normalized spacial score (nSPS) is 17.5. The minimum atomic E-state index is -5.74. The fourth-order valence-corrected chi connectivity index (χ4v) is 5.38. The summed E-state index contributed by atoms with van der Waals surface area (Å²) in [6.07, 6.45) is -3.87. The Kier molecular flexibility index (Phi) is 5.82. The predicted molar refractivity (Wildman–Crippen MR) is 118 cm³/mol. The molecule has 14 heteroatoms. The maximum Gasteiger partial charge on any atom is 0.461 e. The van der Waals surface area contributed by atoms with E-state index in [1.54, 1.807) is 11.3 Å². The van der Waals surface area contributed by atoms with E-state index in [-0.39, 0.29) is 25.5 Å². The Bertz CT molecular complexity index is 1180. The fourth-order valence-electron chi connectivity index (χ4n) is 4.26. The third-order valence-electron chi connectivity index (χ3n) is 6.00. The Morgan fingerprint density at radius 2 is 1.76 bits per heavy atom. The maximum atomic E-state index is 14.0. The van der Waals surface area contributed by atoms with Crippen LogP contribution in [-0.2, 0) is 25.4 Å². The smallest absolute Gasteiger partial charge is 0.347 e. The average molecular weight is 503 g/mol. The van der Waals surface area contributed by atoms with Crippen LogP contribution in [-0.4, -0.2) is 63.6 Å². The third kappa shape index (κ3) is 3.96. The number of hydrogen-bond acceptors (Lipinski definition) is 8. The van der Waals surface area contributed by atoms with Gasteiger partial charge in [-0.1, -0.05) is 13.3 Å². The molecule has 184 valence electrons. The van der Waals surface area contributed by atoms with E-state index in [4.69, 9.17) is 9.97 Å². The SMILES string of the molecule is CCCc1cc2c(N3CCn4c(nnc4C(F)(F)C(F)(F)F)C3)nc(N3CCNCC3)nc2s1. The molecule has 8 nitrogen and oxygen atoms in total. The van der Waals surface area contributed by atoms with Crippen LogP contribution in [0, 0.1) is 0 Å². The van der Waals surface area contributed by atoms with Crippen LogP contribution in [0.3, 0.4) is 0 Å². The lowest BCUT2D eigenvalue weighted by molar-refractivity contribution is -0.293. The number of rotatable bonds is 5. The number of halogens is 5. The first-order valence-corrected chi connectivity index (χ1v) is 11.9. The van der Waals surface area contributed by atoms with Gasteiger partial charge in [0.2, 0.25) is 11.8 Å². The van der Waals surface area contributed by atoms with Crippen LogP contribution < -0.4 is 15.1 Å². The van der Waals surface area contributed by atoms with Crippen LogP contribution in [0.1, 0.15) is 29.9 Å². The minimum Gasteiger partial charge on any atom is -0.347 e. The number of thiophene rings is 1. The summed E-state index contributed by atoms with van der Waals surface area (Å²) in [5.74, 6) is -5.17. The highest BCUT2D eigenvalue weighted by atomic mass is 32.1. The highest BCUT2D eigenvalue weighted by Gasteiger charge is 2.62. The van der Waals surface area contributed by atoms with E-state index >= 15 is 0 Å². The standard InChI is InChI=1S/C20H23F5N8S/c1-2-3-12-10-13-15(27-18(28-16(13)34-12)31-6-4-26-5-7-31)32-8-9-33-14(11-32)29-30-17(33)19(21,22)20(23,24)25/h10,26H,2-9,11H2,1H3. The van der Waals surface area contributed by atoms with Crippen LogP contribution in [0.4, 0.5) is 33.7 Å². The largest absolute Gasteiger partial charge is 0.461 e. The predicted octanol–water partition coefficient (Wildman–Crippen LogP) is 3.32. The van der Waals surface area contributed by atoms with Crippen molar-refractivity contribution in [3.63, 3.8) is 0 Å². The Morgan fingerprint density at radius 3 is 2.47 bits per heavy atom. The molecular formula is C20H23F5N8S. The summed E-state index contributed by atoms with van der Waals surface area (Å²) >= 11 is 1.60. The van der Waals surface area contributed by atoms with Gasteiger partial charge in [0.05, 0.1) is 11.9 Å². The number of piperazine rings is 1. The van der Waals surface area contributed by atoms with Gasteiger partial charge in [-0.3, -0.25) is 0 Å². The number of anilines is 2. The van der Waals surface area contributed by atoms with Crippen LogP contribution in [0.2, 0.25) is 0 Å². The van der Waals surface area contributed by atoms with Crippen molar-refractivity contribution >= 4 is 33.3 Å². The highest BCUT2D eigenvalue weighted by molar-refractivity contribution is 7.18. The van der Waals surface area contributed by atoms with Crippen LogP contribution in [0.25, 0.3) is 10.2 Å². The molecule has 0 aromatic carbocycles. The van der Waals surface area contributed by atoms with Gasteiger partial charge in [0.1, 0.15) is 10.6 Å². The molecule has 0 amide bonds. The van der Waals surface area contributed by atoms with E-state index in [1.165, 1.54) is 0 Å².